The highest BCUT2D eigenvalue weighted by Gasteiger charge is 2.18. The summed E-state index contributed by atoms with van der Waals surface area (Å²) in [5, 5.41) is 4.43. The first-order chi connectivity index (χ1) is 8.41. The van der Waals surface area contributed by atoms with Crippen molar-refractivity contribution in [2.75, 3.05) is 0 Å². The van der Waals surface area contributed by atoms with Crippen molar-refractivity contribution in [1.29, 1.82) is 0 Å². The standard InChI is InChI=1S/C15H21N3/c1-9-6-7-13(8-10(9)2)15(16)14-11(3)17-18(5)12(14)4/h6-8,15H,16H2,1-5H3. The molecule has 96 valence electrons. The Morgan fingerprint density at radius 2 is 1.78 bits per heavy atom. The van der Waals surface area contributed by atoms with Gasteiger partial charge in [0.05, 0.1) is 11.7 Å². The van der Waals surface area contributed by atoms with Crippen LogP contribution in [-0.4, -0.2) is 9.78 Å². The monoisotopic (exact) mass is 243 g/mol. The molecule has 0 saturated heterocycles. The highest BCUT2D eigenvalue weighted by Crippen LogP contribution is 2.26. The van der Waals surface area contributed by atoms with Crippen LogP contribution in [0.5, 0.6) is 0 Å². The Kier molecular flexibility index (Phi) is 3.26. The minimum atomic E-state index is -0.0991. The van der Waals surface area contributed by atoms with E-state index in [0.29, 0.717) is 0 Å². The van der Waals surface area contributed by atoms with Crippen molar-refractivity contribution in [2.45, 2.75) is 33.7 Å². The highest BCUT2D eigenvalue weighted by atomic mass is 15.3. The molecule has 0 saturated carbocycles. The van der Waals surface area contributed by atoms with Crippen molar-refractivity contribution in [3.63, 3.8) is 0 Å². The van der Waals surface area contributed by atoms with Gasteiger partial charge in [-0.1, -0.05) is 18.2 Å². The molecule has 3 heteroatoms. The Bertz CT molecular complexity index is 582. The normalized spacial score (nSPS) is 12.8. The van der Waals surface area contributed by atoms with Gasteiger partial charge in [-0.05, 0) is 44.4 Å². The maximum Gasteiger partial charge on any atom is 0.0647 e. The average molecular weight is 243 g/mol. The average Bonchev–Trinajstić information content (AvgIpc) is 2.56. The predicted octanol–water partition coefficient (Wildman–Crippen LogP) is 2.70. The van der Waals surface area contributed by atoms with Crippen molar-refractivity contribution in [3.05, 3.63) is 51.8 Å². The van der Waals surface area contributed by atoms with E-state index in [1.165, 1.54) is 11.1 Å². The fourth-order valence-electron chi connectivity index (χ4n) is 2.36. The Morgan fingerprint density at radius 1 is 1.11 bits per heavy atom. The summed E-state index contributed by atoms with van der Waals surface area (Å²) in [6, 6.07) is 6.31. The van der Waals surface area contributed by atoms with Crippen molar-refractivity contribution < 1.29 is 0 Å². The molecule has 0 amide bonds. The van der Waals surface area contributed by atoms with Gasteiger partial charge >= 0.3 is 0 Å². The third-order valence-electron chi connectivity index (χ3n) is 3.77. The van der Waals surface area contributed by atoms with Crippen LogP contribution in [0.15, 0.2) is 18.2 Å². The quantitative estimate of drug-likeness (QED) is 0.881. The molecule has 2 N–H and O–H groups in total. The van der Waals surface area contributed by atoms with Crippen LogP contribution in [0.1, 0.15) is 39.7 Å². The van der Waals surface area contributed by atoms with Crippen molar-refractivity contribution in [2.24, 2.45) is 12.8 Å². The second-order valence-corrected chi connectivity index (χ2v) is 5.03. The molecule has 0 bridgehead atoms. The molecule has 0 aliphatic carbocycles. The number of hydrogen-bond acceptors (Lipinski definition) is 2. The van der Waals surface area contributed by atoms with E-state index in [1.807, 2.05) is 18.7 Å². The van der Waals surface area contributed by atoms with Crippen LogP contribution < -0.4 is 5.73 Å². The van der Waals surface area contributed by atoms with Gasteiger partial charge in [0, 0.05) is 18.3 Å². The van der Waals surface area contributed by atoms with Gasteiger partial charge in [0.25, 0.3) is 0 Å². The van der Waals surface area contributed by atoms with Crippen molar-refractivity contribution in [3.8, 4) is 0 Å². The number of rotatable bonds is 2. The predicted molar refractivity (Wildman–Crippen MR) is 74.6 cm³/mol. The maximum atomic E-state index is 6.40. The van der Waals surface area contributed by atoms with Gasteiger partial charge in [0.15, 0.2) is 0 Å². The maximum absolute atomic E-state index is 6.40. The highest BCUT2D eigenvalue weighted by molar-refractivity contribution is 5.39. The van der Waals surface area contributed by atoms with Gasteiger partial charge in [-0.25, -0.2) is 0 Å². The summed E-state index contributed by atoms with van der Waals surface area (Å²) < 4.78 is 1.89. The first-order valence-electron chi connectivity index (χ1n) is 6.24. The molecule has 0 aliphatic rings. The molecule has 2 aromatic rings. The van der Waals surface area contributed by atoms with E-state index in [-0.39, 0.29) is 6.04 Å². The van der Waals surface area contributed by atoms with Crippen LogP contribution in [0.25, 0.3) is 0 Å². The summed E-state index contributed by atoms with van der Waals surface area (Å²) >= 11 is 0. The topological polar surface area (TPSA) is 43.8 Å². The van der Waals surface area contributed by atoms with Crippen molar-refractivity contribution >= 4 is 0 Å². The molecular formula is C15H21N3. The summed E-state index contributed by atoms with van der Waals surface area (Å²) in [6.07, 6.45) is 0. The molecule has 3 nitrogen and oxygen atoms in total. The van der Waals surface area contributed by atoms with Gasteiger partial charge in [0.2, 0.25) is 0 Å². The Labute approximate surface area is 109 Å². The molecule has 1 unspecified atom stereocenters. The van der Waals surface area contributed by atoms with Gasteiger partial charge in [-0.2, -0.15) is 5.10 Å². The molecule has 1 atom stereocenters. The molecular weight excluding hydrogens is 222 g/mol. The van der Waals surface area contributed by atoms with Gasteiger partial charge in [-0.3, -0.25) is 4.68 Å². The Morgan fingerprint density at radius 3 is 2.28 bits per heavy atom. The van der Waals surface area contributed by atoms with E-state index < -0.39 is 0 Å². The molecule has 18 heavy (non-hydrogen) atoms. The number of aryl methyl sites for hydroxylation is 4. The molecule has 1 aromatic heterocycles. The number of hydrogen-bond donors (Lipinski definition) is 1. The molecule has 0 spiro atoms. The second kappa shape index (κ2) is 4.58. The molecule has 0 fully saturated rings. The third kappa shape index (κ3) is 2.06. The van der Waals surface area contributed by atoms with E-state index in [4.69, 9.17) is 5.73 Å². The van der Waals surface area contributed by atoms with Crippen LogP contribution in [0.3, 0.4) is 0 Å². The van der Waals surface area contributed by atoms with E-state index in [0.717, 1.165) is 22.5 Å². The van der Waals surface area contributed by atoms with Crippen molar-refractivity contribution in [1.82, 2.24) is 9.78 Å². The summed E-state index contributed by atoms with van der Waals surface area (Å²) in [5.41, 5.74) is 13.4. The summed E-state index contributed by atoms with van der Waals surface area (Å²) in [5.74, 6) is 0. The smallest absolute Gasteiger partial charge is 0.0647 e. The van der Waals surface area contributed by atoms with Gasteiger partial charge in [-0.15, -0.1) is 0 Å². The zero-order valence-electron chi connectivity index (χ0n) is 11.8. The first-order valence-corrected chi connectivity index (χ1v) is 6.24. The number of nitrogens with zero attached hydrogens (tertiary/aromatic N) is 2. The SMILES string of the molecule is Cc1ccc(C(N)c2c(C)nn(C)c2C)cc1C. The Balaban J connectivity index is 2.47. The van der Waals surface area contributed by atoms with Crippen LogP contribution in [0.4, 0.5) is 0 Å². The third-order valence-corrected chi connectivity index (χ3v) is 3.77. The van der Waals surface area contributed by atoms with Crippen LogP contribution in [-0.2, 0) is 7.05 Å². The molecule has 2 rings (SSSR count). The fraction of sp³-hybridized carbons (Fsp3) is 0.400. The Hall–Kier alpha value is -1.61. The van der Waals surface area contributed by atoms with Gasteiger partial charge in [0.1, 0.15) is 0 Å². The van der Waals surface area contributed by atoms with E-state index >= 15 is 0 Å². The summed E-state index contributed by atoms with van der Waals surface area (Å²) in [7, 11) is 1.96. The number of nitrogens with two attached hydrogens (primary N) is 1. The molecule has 1 aromatic carbocycles. The number of benzene rings is 1. The fourth-order valence-corrected chi connectivity index (χ4v) is 2.36. The summed E-state index contributed by atoms with van der Waals surface area (Å²) in [6.45, 7) is 8.32. The summed E-state index contributed by atoms with van der Waals surface area (Å²) in [4.78, 5) is 0. The molecule has 0 aliphatic heterocycles. The lowest BCUT2D eigenvalue weighted by atomic mass is 9.95. The van der Waals surface area contributed by atoms with Gasteiger partial charge < -0.3 is 5.73 Å². The lowest BCUT2D eigenvalue weighted by Crippen LogP contribution is -2.14. The number of aromatic nitrogens is 2. The largest absolute Gasteiger partial charge is 0.320 e. The zero-order valence-corrected chi connectivity index (χ0v) is 11.8. The molecule has 1 heterocycles. The minimum Gasteiger partial charge on any atom is -0.320 e. The lowest BCUT2D eigenvalue weighted by molar-refractivity contribution is 0.728. The zero-order chi connectivity index (χ0) is 13.4. The second-order valence-electron chi connectivity index (χ2n) is 5.03. The van der Waals surface area contributed by atoms with Crippen LogP contribution in [0, 0.1) is 27.7 Å². The first kappa shape index (κ1) is 12.8. The minimum absolute atomic E-state index is 0.0991. The molecule has 0 radical (unpaired) electrons. The van der Waals surface area contributed by atoms with E-state index in [2.05, 4.69) is 44.1 Å². The van der Waals surface area contributed by atoms with E-state index in [1.54, 1.807) is 0 Å². The lowest BCUT2D eigenvalue weighted by Gasteiger charge is -2.14. The van der Waals surface area contributed by atoms with Crippen LogP contribution in [0.2, 0.25) is 0 Å². The van der Waals surface area contributed by atoms with E-state index in [9.17, 15) is 0 Å². The van der Waals surface area contributed by atoms with Crippen LogP contribution >= 0.6 is 0 Å².